The number of aliphatic hydroxyl groups is 2. The molecular formula is C48H66N10O18. The van der Waals surface area contributed by atoms with Gasteiger partial charge in [-0.05, 0) is 37.3 Å². The number of aliphatic hydroxyl groups excluding tert-OH is 2. The van der Waals surface area contributed by atoms with Crippen molar-refractivity contribution in [1.29, 1.82) is 0 Å². The Hall–Kier alpha value is -8.53. The van der Waals surface area contributed by atoms with Crippen LogP contribution in [0.25, 0.3) is 0 Å². The molecular weight excluding hydrogens is 1000 g/mol. The predicted octanol–water partition coefficient (Wildman–Crippen LogP) is -4.80. The quantitative estimate of drug-likeness (QED) is 0.0327. The Morgan fingerprint density at radius 2 is 0.842 bits per heavy atom. The van der Waals surface area contributed by atoms with Gasteiger partial charge in [-0.15, -0.1) is 0 Å². The molecule has 2 aromatic rings. The number of nitrogens with two attached hydrogens (primary N) is 1. The van der Waals surface area contributed by atoms with E-state index in [4.69, 9.17) is 5.73 Å². The summed E-state index contributed by atoms with van der Waals surface area (Å²) in [6, 6.07) is 0.694. The largest absolute Gasteiger partial charge is 0.481 e. The number of aliphatic carboxylic acids is 3. The van der Waals surface area contributed by atoms with Crippen molar-refractivity contribution < 1.29 is 87.9 Å². The first-order chi connectivity index (χ1) is 35.6. The topological polar surface area (TPSA) is 457 Å². The fraction of sp³-hybridized carbons (Fsp3) is 0.479. The number of hydrogen-bond acceptors (Lipinski definition) is 15. The van der Waals surface area contributed by atoms with E-state index in [0.29, 0.717) is 11.1 Å². The van der Waals surface area contributed by atoms with Gasteiger partial charge in [0.1, 0.15) is 54.4 Å². The Kier molecular flexibility index (Phi) is 26.2. The van der Waals surface area contributed by atoms with Crippen molar-refractivity contribution in [2.24, 2.45) is 11.7 Å². The van der Waals surface area contributed by atoms with Crippen LogP contribution in [0.2, 0.25) is 0 Å². The molecule has 16 N–H and O–H groups in total. The lowest BCUT2D eigenvalue weighted by atomic mass is 10.0. The second kappa shape index (κ2) is 31.3. The number of carboxylic acid groups (broad SMARTS) is 3. The highest BCUT2D eigenvalue weighted by Gasteiger charge is 2.37. The molecule has 0 aliphatic carbocycles. The van der Waals surface area contributed by atoms with Gasteiger partial charge in [0.2, 0.25) is 59.1 Å². The third-order valence-corrected chi connectivity index (χ3v) is 10.9. The van der Waals surface area contributed by atoms with Crippen LogP contribution in [-0.2, 0) is 75.2 Å². The first-order valence-corrected chi connectivity index (χ1v) is 23.6. The minimum absolute atomic E-state index is 0.192. The van der Waals surface area contributed by atoms with E-state index in [0.717, 1.165) is 20.8 Å². The van der Waals surface area contributed by atoms with Crippen molar-refractivity contribution in [2.45, 2.75) is 134 Å². The molecule has 0 unspecified atom stereocenters. The van der Waals surface area contributed by atoms with Crippen molar-refractivity contribution in [3.8, 4) is 0 Å². The van der Waals surface area contributed by atoms with Crippen molar-refractivity contribution in [1.82, 2.24) is 47.9 Å². The number of primary amides is 1. The summed E-state index contributed by atoms with van der Waals surface area (Å²) in [4.78, 5) is 167. The molecule has 0 saturated carbocycles. The minimum Gasteiger partial charge on any atom is -0.481 e. The third-order valence-electron chi connectivity index (χ3n) is 10.9. The molecule has 0 saturated heterocycles. The molecule has 28 heteroatoms. The predicted molar refractivity (Wildman–Crippen MR) is 263 cm³/mol. The van der Waals surface area contributed by atoms with Gasteiger partial charge in [-0.3, -0.25) is 57.5 Å². The standard InChI is InChI=1S/C48H66N10O18/c1-23(2)16-29(42(69)54-32(20-37(63)64)41(68)50-24(3)40(67)52-33(21-38(65)66)44(71)56-34(48(75)76)18-28-14-10-7-11-15-28)55-47(74)39(25(4)60)58-45(72)30(17-27-12-8-6-9-13-27)53-46(73)35(22-59)57-43(70)31(19-36(49)62)51-26(5)61/h6-15,23-25,29-35,39,59-60H,16-22H2,1-5H3,(H2,49,62)(H,50,68)(H,51,61)(H,52,67)(H,53,73)(H,54,69)(H,55,74)(H,56,71)(H,57,70)(H,58,72)(H,63,64)(H,65,66)(H,75,76)/t24-,25+,29-,30-,31-,32-,33-,34-,35-,39-/m0/s1. The first kappa shape index (κ1) is 63.6. The highest BCUT2D eigenvalue weighted by Crippen LogP contribution is 2.11. The highest BCUT2D eigenvalue weighted by atomic mass is 16.4. The summed E-state index contributed by atoms with van der Waals surface area (Å²) in [5.74, 6) is -16.1. The molecule has 0 spiro atoms. The number of hydrogen-bond donors (Lipinski definition) is 15. The zero-order chi connectivity index (χ0) is 57.4. The lowest BCUT2D eigenvalue weighted by molar-refractivity contribution is -0.143. The van der Waals surface area contributed by atoms with Crippen molar-refractivity contribution >= 4 is 77.0 Å². The van der Waals surface area contributed by atoms with Crippen LogP contribution in [-0.4, -0.2) is 170 Å². The van der Waals surface area contributed by atoms with Crippen LogP contribution in [0, 0.1) is 5.92 Å². The first-order valence-electron chi connectivity index (χ1n) is 23.6. The SMILES string of the molecule is CC(=O)N[C@@H](CC(N)=O)C(=O)N[C@@H](CO)C(=O)N[C@@H](Cc1ccccc1)C(=O)N[C@H](C(=O)N[C@@H](CC(C)C)C(=O)N[C@@H](CC(=O)O)C(=O)N[C@@H](C)C(=O)N[C@@H](CC(=O)O)C(=O)N[C@@H](Cc1ccccc1)C(=O)O)[C@@H](C)O. The van der Waals surface area contributed by atoms with E-state index >= 15 is 0 Å². The Labute approximate surface area is 435 Å². The van der Waals surface area contributed by atoms with E-state index in [1.54, 1.807) is 74.5 Å². The van der Waals surface area contributed by atoms with Crippen LogP contribution in [0.15, 0.2) is 60.7 Å². The van der Waals surface area contributed by atoms with Gasteiger partial charge in [-0.1, -0.05) is 74.5 Å². The van der Waals surface area contributed by atoms with E-state index in [2.05, 4.69) is 47.9 Å². The summed E-state index contributed by atoms with van der Waals surface area (Å²) in [6.07, 6.45) is -5.19. The van der Waals surface area contributed by atoms with Gasteiger partial charge in [0.15, 0.2) is 0 Å². The van der Waals surface area contributed by atoms with E-state index in [1.807, 2.05) is 0 Å². The molecule has 10 amide bonds. The zero-order valence-electron chi connectivity index (χ0n) is 42.2. The molecule has 0 heterocycles. The lowest BCUT2D eigenvalue weighted by Crippen LogP contribution is -2.62. The number of benzene rings is 2. The zero-order valence-corrected chi connectivity index (χ0v) is 42.2. The van der Waals surface area contributed by atoms with Crippen LogP contribution in [0.5, 0.6) is 0 Å². The Bertz CT molecular complexity index is 2390. The smallest absolute Gasteiger partial charge is 0.326 e. The second-order valence-electron chi connectivity index (χ2n) is 18.0. The van der Waals surface area contributed by atoms with Gasteiger partial charge in [0, 0.05) is 19.8 Å². The Balaban J connectivity index is 2.31. The second-order valence-corrected chi connectivity index (χ2v) is 18.0. The molecule has 0 aromatic heterocycles. The highest BCUT2D eigenvalue weighted by molar-refractivity contribution is 6.00. The summed E-state index contributed by atoms with van der Waals surface area (Å²) in [6.45, 7) is 5.42. The van der Waals surface area contributed by atoms with Gasteiger partial charge in [0.05, 0.1) is 32.0 Å². The molecule has 2 aromatic carbocycles. The van der Waals surface area contributed by atoms with Crippen LogP contribution in [0.4, 0.5) is 0 Å². The Morgan fingerprint density at radius 3 is 1.28 bits per heavy atom. The van der Waals surface area contributed by atoms with Gasteiger partial charge >= 0.3 is 17.9 Å². The summed E-state index contributed by atoms with van der Waals surface area (Å²) in [7, 11) is 0. The number of rotatable bonds is 32. The van der Waals surface area contributed by atoms with Gasteiger partial charge in [0.25, 0.3) is 0 Å². The molecule has 10 atom stereocenters. The average Bonchev–Trinajstić information content (AvgIpc) is 3.32. The molecule has 0 aliphatic rings. The minimum atomic E-state index is -1.96. The molecule has 0 bridgehead atoms. The van der Waals surface area contributed by atoms with Crippen LogP contribution in [0.3, 0.4) is 0 Å². The molecule has 76 heavy (non-hydrogen) atoms. The van der Waals surface area contributed by atoms with Gasteiger partial charge < -0.3 is 79.1 Å². The number of carbonyl (C=O) groups is 13. The summed E-state index contributed by atoms with van der Waals surface area (Å²) in [5, 5.41) is 69.8. The average molecular weight is 1070 g/mol. The summed E-state index contributed by atoms with van der Waals surface area (Å²) < 4.78 is 0. The fourth-order valence-electron chi connectivity index (χ4n) is 7.12. The summed E-state index contributed by atoms with van der Waals surface area (Å²) >= 11 is 0. The van der Waals surface area contributed by atoms with E-state index in [1.165, 1.54) is 0 Å². The Morgan fingerprint density at radius 1 is 0.461 bits per heavy atom. The number of nitrogens with one attached hydrogen (secondary N) is 9. The summed E-state index contributed by atoms with van der Waals surface area (Å²) in [5.41, 5.74) is 6.15. The van der Waals surface area contributed by atoms with Crippen LogP contribution in [0.1, 0.15) is 71.4 Å². The van der Waals surface area contributed by atoms with Gasteiger partial charge in [-0.2, -0.15) is 0 Å². The van der Waals surface area contributed by atoms with Gasteiger partial charge in [-0.25, -0.2) is 4.79 Å². The van der Waals surface area contributed by atoms with Crippen molar-refractivity contribution in [2.75, 3.05) is 6.61 Å². The molecule has 0 fully saturated rings. The number of amides is 10. The molecule has 0 radical (unpaired) electrons. The third kappa shape index (κ3) is 22.7. The van der Waals surface area contributed by atoms with Crippen LogP contribution < -0.4 is 53.6 Å². The number of carboxylic acids is 3. The van der Waals surface area contributed by atoms with Crippen molar-refractivity contribution in [3.05, 3.63) is 71.8 Å². The fourth-order valence-corrected chi connectivity index (χ4v) is 7.12. The maximum atomic E-state index is 14.0. The maximum absolute atomic E-state index is 14.0. The normalized spacial score (nSPS) is 14.8. The van der Waals surface area contributed by atoms with E-state index in [-0.39, 0.29) is 19.3 Å². The molecule has 28 nitrogen and oxygen atoms in total. The van der Waals surface area contributed by atoms with E-state index < -0.39 is 169 Å². The lowest BCUT2D eigenvalue weighted by Gasteiger charge is -2.29. The van der Waals surface area contributed by atoms with E-state index in [9.17, 15) is 87.9 Å². The molecule has 0 aliphatic heterocycles. The number of carbonyl (C=O) groups excluding carboxylic acids is 10. The molecule has 2 rings (SSSR count). The van der Waals surface area contributed by atoms with Crippen molar-refractivity contribution in [3.63, 3.8) is 0 Å². The maximum Gasteiger partial charge on any atom is 0.326 e. The monoisotopic (exact) mass is 1070 g/mol. The van der Waals surface area contributed by atoms with Crippen LogP contribution >= 0.6 is 0 Å². The molecule has 416 valence electrons.